The maximum atomic E-state index is 12.7. The fourth-order valence-corrected chi connectivity index (χ4v) is 1.98. The highest BCUT2D eigenvalue weighted by Crippen LogP contribution is 2.35. The Bertz CT molecular complexity index is 599. The Balaban J connectivity index is 2.06. The van der Waals surface area contributed by atoms with Gasteiger partial charge in [-0.05, 0) is 6.07 Å². The number of carboxylic acid groups (broad SMARTS) is 1. The number of carbonyl (C=O) groups is 1. The SMILES string of the molecule is O=C(O)N1CC(COc2cc([N+](=O)[O-])cc(C(F)(F)F)c2)C1. The number of nitrogens with zero attached hydrogens (tertiary/aromatic N) is 2. The number of hydrogen-bond acceptors (Lipinski definition) is 4. The topological polar surface area (TPSA) is 92.9 Å². The lowest BCUT2D eigenvalue weighted by Crippen LogP contribution is -2.51. The second-order valence-corrected chi connectivity index (χ2v) is 4.84. The molecule has 0 saturated carbocycles. The summed E-state index contributed by atoms with van der Waals surface area (Å²) in [5.41, 5.74) is -1.89. The molecule has 1 aliphatic heterocycles. The zero-order valence-corrected chi connectivity index (χ0v) is 11.0. The van der Waals surface area contributed by atoms with Gasteiger partial charge < -0.3 is 14.7 Å². The number of halogens is 3. The minimum Gasteiger partial charge on any atom is -0.493 e. The summed E-state index contributed by atoms with van der Waals surface area (Å²) in [6.45, 7) is 0.426. The maximum absolute atomic E-state index is 12.7. The van der Waals surface area contributed by atoms with Gasteiger partial charge in [0.1, 0.15) is 5.75 Å². The van der Waals surface area contributed by atoms with E-state index in [4.69, 9.17) is 9.84 Å². The number of rotatable bonds is 4. The number of likely N-dealkylation sites (tertiary alicyclic amines) is 1. The Morgan fingerprint density at radius 3 is 2.55 bits per heavy atom. The predicted molar refractivity (Wildman–Crippen MR) is 66.7 cm³/mol. The summed E-state index contributed by atoms with van der Waals surface area (Å²) in [6.07, 6.45) is -5.80. The molecule has 0 aromatic heterocycles. The van der Waals surface area contributed by atoms with Gasteiger partial charge in [0.25, 0.3) is 5.69 Å². The highest BCUT2D eigenvalue weighted by molar-refractivity contribution is 5.66. The monoisotopic (exact) mass is 320 g/mol. The molecule has 1 amide bonds. The molecule has 1 N–H and O–H groups in total. The molecule has 0 spiro atoms. The van der Waals surface area contributed by atoms with Crippen LogP contribution < -0.4 is 4.74 Å². The summed E-state index contributed by atoms with van der Waals surface area (Å²) >= 11 is 0. The van der Waals surface area contributed by atoms with Crippen LogP contribution >= 0.6 is 0 Å². The summed E-state index contributed by atoms with van der Waals surface area (Å²) < 4.78 is 43.2. The highest BCUT2D eigenvalue weighted by atomic mass is 19.4. The molecular weight excluding hydrogens is 309 g/mol. The Kier molecular flexibility index (Phi) is 4.11. The van der Waals surface area contributed by atoms with Crippen LogP contribution in [0.4, 0.5) is 23.7 Å². The maximum Gasteiger partial charge on any atom is 0.416 e. The largest absolute Gasteiger partial charge is 0.493 e. The van der Waals surface area contributed by atoms with Crippen molar-refractivity contribution in [3.63, 3.8) is 0 Å². The van der Waals surface area contributed by atoms with Crippen LogP contribution in [-0.4, -0.2) is 40.7 Å². The van der Waals surface area contributed by atoms with E-state index >= 15 is 0 Å². The van der Waals surface area contributed by atoms with E-state index in [0.29, 0.717) is 12.1 Å². The van der Waals surface area contributed by atoms with Crippen molar-refractivity contribution >= 4 is 11.8 Å². The fourth-order valence-electron chi connectivity index (χ4n) is 1.98. The lowest BCUT2D eigenvalue weighted by molar-refractivity contribution is -0.385. The molecule has 1 aromatic carbocycles. The molecule has 22 heavy (non-hydrogen) atoms. The van der Waals surface area contributed by atoms with Crippen LogP contribution in [0.3, 0.4) is 0 Å². The average molecular weight is 320 g/mol. The van der Waals surface area contributed by atoms with E-state index in [1.165, 1.54) is 0 Å². The normalized spacial score (nSPS) is 15.3. The lowest BCUT2D eigenvalue weighted by Gasteiger charge is -2.36. The number of nitro benzene ring substituents is 1. The molecule has 120 valence electrons. The van der Waals surface area contributed by atoms with Crippen molar-refractivity contribution in [3.8, 4) is 5.75 Å². The van der Waals surface area contributed by atoms with Crippen LogP contribution in [0.5, 0.6) is 5.75 Å². The van der Waals surface area contributed by atoms with Crippen LogP contribution in [0.15, 0.2) is 18.2 Å². The molecule has 0 atom stereocenters. The number of hydrogen-bond donors (Lipinski definition) is 1. The number of ether oxygens (including phenoxy) is 1. The van der Waals surface area contributed by atoms with Gasteiger partial charge in [-0.25, -0.2) is 4.79 Å². The lowest BCUT2D eigenvalue weighted by atomic mass is 10.0. The van der Waals surface area contributed by atoms with E-state index in [0.717, 1.165) is 11.0 Å². The summed E-state index contributed by atoms with van der Waals surface area (Å²) in [5.74, 6) is -0.417. The van der Waals surface area contributed by atoms with Crippen molar-refractivity contribution in [1.82, 2.24) is 4.90 Å². The first-order valence-corrected chi connectivity index (χ1v) is 6.14. The number of alkyl halides is 3. The van der Waals surface area contributed by atoms with E-state index in [1.807, 2.05) is 0 Å². The van der Waals surface area contributed by atoms with Crippen LogP contribution in [0, 0.1) is 16.0 Å². The minimum absolute atomic E-state index is 0.0117. The fraction of sp³-hybridized carbons (Fsp3) is 0.417. The molecule has 1 heterocycles. The molecule has 1 saturated heterocycles. The van der Waals surface area contributed by atoms with Gasteiger partial charge in [0.15, 0.2) is 0 Å². The molecule has 1 aromatic rings. The molecular formula is C12H11F3N2O5. The number of amides is 1. The zero-order chi connectivity index (χ0) is 16.5. The molecule has 0 unspecified atom stereocenters. The quantitative estimate of drug-likeness (QED) is 0.680. The first-order valence-electron chi connectivity index (χ1n) is 6.14. The van der Waals surface area contributed by atoms with E-state index in [9.17, 15) is 28.1 Å². The van der Waals surface area contributed by atoms with Gasteiger partial charge in [-0.2, -0.15) is 13.2 Å². The molecule has 2 rings (SSSR count). The van der Waals surface area contributed by atoms with Crippen LogP contribution in [-0.2, 0) is 6.18 Å². The molecule has 10 heteroatoms. The molecule has 0 radical (unpaired) electrons. The Labute approximate surface area is 122 Å². The van der Waals surface area contributed by atoms with Gasteiger partial charge in [-0.3, -0.25) is 10.1 Å². The van der Waals surface area contributed by atoms with Gasteiger partial charge in [0.2, 0.25) is 0 Å². The Morgan fingerprint density at radius 1 is 1.41 bits per heavy atom. The third kappa shape index (κ3) is 3.57. The van der Waals surface area contributed by atoms with Gasteiger partial charge in [0, 0.05) is 25.1 Å². The third-order valence-electron chi connectivity index (χ3n) is 3.14. The first-order chi connectivity index (χ1) is 10.2. The van der Waals surface area contributed by atoms with Crippen LogP contribution in [0.1, 0.15) is 5.56 Å². The van der Waals surface area contributed by atoms with Crippen molar-refractivity contribution in [2.45, 2.75) is 6.18 Å². The van der Waals surface area contributed by atoms with Crippen LogP contribution in [0.2, 0.25) is 0 Å². The Morgan fingerprint density at radius 2 is 2.05 bits per heavy atom. The summed E-state index contributed by atoms with van der Waals surface area (Å²) in [5, 5.41) is 19.3. The predicted octanol–water partition coefficient (Wildman–Crippen LogP) is 2.60. The van der Waals surface area contributed by atoms with E-state index in [2.05, 4.69) is 0 Å². The van der Waals surface area contributed by atoms with Gasteiger partial charge >= 0.3 is 12.3 Å². The molecule has 0 aliphatic carbocycles. The third-order valence-corrected chi connectivity index (χ3v) is 3.14. The smallest absolute Gasteiger partial charge is 0.416 e. The molecule has 1 aliphatic rings. The number of benzene rings is 1. The summed E-state index contributed by atoms with van der Waals surface area (Å²) in [7, 11) is 0. The van der Waals surface area contributed by atoms with Gasteiger partial charge in [-0.1, -0.05) is 0 Å². The molecule has 7 nitrogen and oxygen atoms in total. The minimum atomic E-state index is -4.72. The average Bonchev–Trinajstić information content (AvgIpc) is 2.34. The van der Waals surface area contributed by atoms with Crippen LogP contribution in [0.25, 0.3) is 0 Å². The van der Waals surface area contributed by atoms with Crippen molar-refractivity contribution in [2.75, 3.05) is 19.7 Å². The van der Waals surface area contributed by atoms with Gasteiger partial charge in [0.05, 0.1) is 23.2 Å². The molecule has 0 bridgehead atoms. The Hall–Kier alpha value is -2.52. The number of nitro groups is 1. The second-order valence-electron chi connectivity index (χ2n) is 4.84. The zero-order valence-electron chi connectivity index (χ0n) is 11.0. The van der Waals surface area contributed by atoms with E-state index < -0.39 is 28.4 Å². The highest BCUT2D eigenvalue weighted by Gasteiger charge is 2.34. The standard InChI is InChI=1S/C12H11F3N2O5/c13-12(14,15)8-1-9(17(20)21)3-10(2-8)22-6-7-4-16(5-7)11(18)19/h1-3,7H,4-6H2,(H,18,19). The van der Waals surface area contributed by atoms with Crippen molar-refractivity contribution in [1.29, 1.82) is 0 Å². The summed E-state index contributed by atoms with van der Waals surface area (Å²) in [4.78, 5) is 21.4. The van der Waals surface area contributed by atoms with E-state index in [-0.39, 0.29) is 31.4 Å². The molecule has 1 fully saturated rings. The van der Waals surface area contributed by atoms with E-state index in [1.54, 1.807) is 0 Å². The van der Waals surface area contributed by atoms with Crippen molar-refractivity contribution in [2.24, 2.45) is 5.92 Å². The van der Waals surface area contributed by atoms with Crippen molar-refractivity contribution in [3.05, 3.63) is 33.9 Å². The first kappa shape index (κ1) is 15.9. The van der Waals surface area contributed by atoms with Crippen molar-refractivity contribution < 1.29 is 32.7 Å². The van der Waals surface area contributed by atoms with Gasteiger partial charge in [-0.15, -0.1) is 0 Å². The number of non-ortho nitro benzene ring substituents is 1. The summed E-state index contributed by atoms with van der Waals surface area (Å²) in [6, 6.07) is 2.02. The second kappa shape index (κ2) is 5.70.